The zero-order valence-corrected chi connectivity index (χ0v) is 7.80. The van der Waals surface area contributed by atoms with Crippen LogP contribution in [0.4, 0.5) is 5.69 Å². The summed E-state index contributed by atoms with van der Waals surface area (Å²) in [6.07, 6.45) is 0. The lowest BCUT2D eigenvalue weighted by molar-refractivity contribution is 0.0697. The van der Waals surface area contributed by atoms with Gasteiger partial charge in [0.25, 0.3) is 0 Å². The molecule has 0 aliphatic carbocycles. The van der Waals surface area contributed by atoms with Crippen molar-refractivity contribution in [3.63, 3.8) is 0 Å². The Kier molecular flexibility index (Phi) is 2.91. The molecule has 0 radical (unpaired) electrons. The molecule has 0 heterocycles. The Hall–Kier alpha value is -2.51. The van der Waals surface area contributed by atoms with E-state index in [1.54, 1.807) is 6.92 Å². The molecule has 1 rings (SSSR count). The molecule has 0 amide bonds. The second-order valence-electron chi connectivity index (χ2n) is 2.80. The number of hydrogen-bond donors (Lipinski definition) is 1. The van der Waals surface area contributed by atoms with Crippen LogP contribution in [-0.2, 0) is 0 Å². The van der Waals surface area contributed by atoms with Crippen LogP contribution in [0.2, 0.25) is 0 Å². The van der Waals surface area contributed by atoms with E-state index in [-0.39, 0.29) is 16.8 Å². The van der Waals surface area contributed by atoms with Crippen molar-refractivity contribution >= 4 is 11.7 Å². The largest absolute Gasteiger partial charge is 0.478 e. The number of hydrogen-bond acceptors (Lipinski definition) is 3. The second kappa shape index (κ2) is 4.13. The molecule has 1 aromatic carbocycles. The summed E-state index contributed by atoms with van der Waals surface area (Å²) < 4.78 is 0. The highest BCUT2D eigenvalue weighted by atomic mass is 16.4. The maximum atomic E-state index is 10.8. The molecule has 0 saturated carbocycles. The summed E-state index contributed by atoms with van der Waals surface area (Å²) in [4.78, 5) is 13.4. The summed E-state index contributed by atoms with van der Waals surface area (Å²) in [6.45, 7) is 1.58. The Morgan fingerprint density at radius 3 is 2.80 bits per heavy atom. The number of carboxylic acids is 1. The number of carboxylic acid groups (broad SMARTS) is 1. The first kappa shape index (κ1) is 10.6. The molecule has 0 fully saturated rings. The van der Waals surface area contributed by atoms with Gasteiger partial charge in [-0.15, -0.1) is 0 Å². The Balaban J connectivity index is 3.57. The van der Waals surface area contributed by atoms with E-state index in [2.05, 4.69) is 10.0 Å². The summed E-state index contributed by atoms with van der Waals surface area (Å²) in [5, 5.41) is 20.8. The van der Waals surface area contributed by atoms with Gasteiger partial charge in [-0.2, -0.15) is 5.26 Å². The molecule has 6 nitrogen and oxygen atoms in total. The molecule has 0 aliphatic heterocycles. The third-order valence-corrected chi connectivity index (χ3v) is 1.80. The number of carbonyl (C=O) groups is 1. The molecule has 0 aliphatic rings. The van der Waals surface area contributed by atoms with Gasteiger partial charge in [0.2, 0.25) is 0 Å². The maximum Gasteiger partial charge on any atom is 0.336 e. The Morgan fingerprint density at radius 2 is 2.33 bits per heavy atom. The lowest BCUT2D eigenvalue weighted by Gasteiger charge is -2.04. The second-order valence-corrected chi connectivity index (χ2v) is 2.80. The highest BCUT2D eigenvalue weighted by molar-refractivity contribution is 5.94. The van der Waals surface area contributed by atoms with Crippen molar-refractivity contribution in [3.8, 4) is 6.07 Å². The Bertz CT molecular complexity index is 510. The molecule has 0 atom stereocenters. The van der Waals surface area contributed by atoms with Gasteiger partial charge in [0.15, 0.2) is 0 Å². The van der Waals surface area contributed by atoms with E-state index in [4.69, 9.17) is 15.9 Å². The molecule has 0 aromatic heterocycles. The van der Waals surface area contributed by atoms with Gasteiger partial charge in [-0.1, -0.05) is 5.11 Å². The molecule has 0 bridgehead atoms. The molecule has 6 heteroatoms. The minimum absolute atomic E-state index is 0.0454. The highest BCUT2D eigenvalue weighted by Gasteiger charge is 2.12. The highest BCUT2D eigenvalue weighted by Crippen LogP contribution is 2.25. The normalized spacial score (nSPS) is 8.80. The summed E-state index contributed by atoms with van der Waals surface area (Å²) in [7, 11) is 0. The molecular weight excluding hydrogens is 196 g/mol. The number of benzene rings is 1. The van der Waals surface area contributed by atoms with Crippen molar-refractivity contribution < 1.29 is 9.90 Å². The van der Waals surface area contributed by atoms with Gasteiger partial charge in [-0.3, -0.25) is 0 Å². The molecule has 74 valence electrons. The number of nitriles is 1. The molecule has 0 spiro atoms. The van der Waals surface area contributed by atoms with Crippen LogP contribution in [0.1, 0.15) is 21.5 Å². The third-order valence-electron chi connectivity index (χ3n) is 1.80. The third kappa shape index (κ3) is 2.05. The predicted octanol–water partition coefficient (Wildman–Crippen LogP) is 2.51. The molecule has 1 aromatic rings. The van der Waals surface area contributed by atoms with E-state index >= 15 is 0 Å². The average molecular weight is 202 g/mol. The van der Waals surface area contributed by atoms with E-state index in [0.29, 0.717) is 5.56 Å². The lowest BCUT2D eigenvalue weighted by atomic mass is 10.0. The van der Waals surface area contributed by atoms with Gasteiger partial charge in [-0.25, -0.2) is 4.79 Å². The number of azide groups is 1. The fourth-order valence-corrected chi connectivity index (χ4v) is 1.18. The van der Waals surface area contributed by atoms with Crippen LogP contribution in [-0.4, -0.2) is 11.1 Å². The van der Waals surface area contributed by atoms with Crippen molar-refractivity contribution in [1.29, 1.82) is 5.26 Å². The molecular formula is C9H6N4O2. The van der Waals surface area contributed by atoms with Gasteiger partial charge < -0.3 is 5.11 Å². The summed E-state index contributed by atoms with van der Waals surface area (Å²) in [5.41, 5.74) is 8.85. The first-order valence-electron chi connectivity index (χ1n) is 3.93. The van der Waals surface area contributed by atoms with Crippen LogP contribution in [0.5, 0.6) is 0 Å². The first-order valence-corrected chi connectivity index (χ1v) is 3.93. The smallest absolute Gasteiger partial charge is 0.336 e. The minimum Gasteiger partial charge on any atom is -0.478 e. The molecule has 0 unspecified atom stereocenters. The standard InChI is InChI=1S/C9H6N4O2/c1-5-2-6(4-10)3-7(9(14)15)8(5)12-13-11/h2-3H,1H3,(H,14,15). The van der Waals surface area contributed by atoms with E-state index in [9.17, 15) is 4.79 Å². The topological polar surface area (TPSA) is 110 Å². The van der Waals surface area contributed by atoms with Crippen molar-refractivity contribution in [2.75, 3.05) is 0 Å². The van der Waals surface area contributed by atoms with Crippen LogP contribution in [0.25, 0.3) is 10.4 Å². The number of aromatic carboxylic acids is 1. The van der Waals surface area contributed by atoms with E-state index in [1.165, 1.54) is 12.1 Å². The number of rotatable bonds is 2. The van der Waals surface area contributed by atoms with Crippen molar-refractivity contribution in [2.24, 2.45) is 5.11 Å². The van der Waals surface area contributed by atoms with Crippen molar-refractivity contribution in [2.45, 2.75) is 6.92 Å². The van der Waals surface area contributed by atoms with Gasteiger partial charge in [-0.05, 0) is 30.2 Å². The average Bonchev–Trinajstić information content (AvgIpc) is 2.20. The predicted molar refractivity (Wildman–Crippen MR) is 51.7 cm³/mol. The number of aryl methyl sites for hydroxylation is 1. The zero-order chi connectivity index (χ0) is 11.4. The first-order chi connectivity index (χ1) is 7.10. The van der Waals surface area contributed by atoms with Crippen LogP contribution < -0.4 is 0 Å². The van der Waals surface area contributed by atoms with Gasteiger partial charge in [0, 0.05) is 4.91 Å². The SMILES string of the molecule is Cc1cc(C#N)cc(C(=O)O)c1N=[N+]=[N-]. The minimum atomic E-state index is -1.22. The van der Waals surface area contributed by atoms with Crippen molar-refractivity contribution in [3.05, 3.63) is 39.3 Å². The zero-order valence-electron chi connectivity index (χ0n) is 7.80. The monoisotopic (exact) mass is 202 g/mol. The summed E-state index contributed by atoms with van der Waals surface area (Å²) >= 11 is 0. The van der Waals surface area contributed by atoms with Gasteiger partial charge >= 0.3 is 5.97 Å². The Labute approximate surface area is 85.0 Å². The van der Waals surface area contributed by atoms with Crippen molar-refractivity contribution in [1.82, 2.24) is 0 Å². The Morgan fingerprint density at radius 1 is 1.67 bits per heavy atom. The van der Waals surface area contributed by atoms with Gasteiger partial charge in [0.1, 0.15) is 0 Å². The fraction of sp³-hybridized carbons (Fsp3) is 0.111. The number of nitrogens with zero attached hydrogens (tertiary/aromatic N) is 4. The van der Waals surface area contributed by atoms with Crippen LogP contribution >= 0.6 is 0 Å². The molecule has 0 saturated heterocycles. The lowest BCUT2D eigenvalue weighted by Crippen LogP contribution is -1.98. The molecule has 1 N–H and O–H groups in total. The summed E-state index contributed by atoms with van der Waals surface area (Å²) in [6, 6.07) is 4.48. The van der Waals surface area contributed by atoms with Crippen LogP contribution in [0.3, 0.4) is 0 Å². The van der Waals surface area contributed by atoms with Crippen LogP contribution in [0, 0.1) is 18.3 Å². The quantitative estimate of drug-likeness (QED) is 0.451. The fourth-order valence-electron chi connectivity index (χ4n) is 1.18. The maximum absolute atomic E-state index is 10.8. The van der Waals surface area contributed by atoms with Gasteiger partial charge in [0.05, 0.1) is 22.9 Å². The van der Waals surface area contributed by atoms with E-state index < -0.39 is 5.97 Å². The molecule has 15 heavy (non-hydrogen) atoms. The van der Waals surface area contributed by atoms with E-state index in [1.807, 2.05) is 6.07 Å². The van der Waals surface area contributed by atoms with Crippen LogP contribution in [0.15, 0.2) is 17.2 Å². The summed E-state index contributed by atoms with van der Waals surface area (Å²) in [5.74, 6) is -1.22. The van der Waals surface area contributed by atoms with E-state index in [0.717, 1.165) is 0 Å².